The molecule has 0 unspecified atom stereocenters. The molecule has 1 aromatic carbocycles. The minimum absolute atomic E-state index is 0.105. The van der Waals surface area contributed by atoms with Gasteiger partial charge < -0.3 is 5.32 Å². The molecule has 0 spiro atoms. The van der Waals surface area contributed by atoms with E-state index in [1.165, 1.54) is 6.33 Å². The summed E-state index contributed by atoms with van der Waals surface area (Å²) in [5, 5.41) is 14.1. The number of hydrogen-bond donors (Lipinski definition) is 1. The van der Waals surface area contributed by atoms with Gasteiger partial charge >= 0.3 is 5.69 Å². The van der Waals surface area contributed by atoms with Gasteiger partial charge in [0.2, 0.25) is 5.82 Å². The van der Waals surface area contributed by atoms with Crippen molar-refractivity contribution in [2.45, 2.75) is 6.92 Å². The molecule has 2 rings (SSSR count). The lowest BCUT2D eigenvalue weighted by Gasteiger charge is -2.07. The van der Waals surface area contributed by atoms with E-state index in [-0.39, 0.29) is 11.5 Å². The maximum atomic E-state index is 11.2. The Hall–Kier alpha value is -2.02. The summed E-state index contributed by atoms with van der Waals surface area (Å²) in [5.74, 6) is 0.236. The Bertz CT molecular complexity index is 601. The van der Waals surface area contributed by atoms with Crippen molar-refractivity contribution >= 4 is 27.4 Å². The number of hydrogen-bond acceptors (Lipinski definition) is 5. The normalized spacial score (nSPS) is 10.2. The van der Waals surface area contributed by atoms with Gasteiger partial charge in [-0.05, 0) is 19.1 Å². The Labute approximate surface area is 118 Å². The van der Waals surface area contributed by atoms with Crippen molar-refractivity contribution in [1.82, 2.24) is 9.97 Å². The molecule has 0 bridgehead atoms. The van der Waals surface area contributed by atoms with Gasteiger partial charge in [-0.25, -0.2) is 9.97 Å². The van der Waals surface area contributed by atoms with Gasteiger partial charge in [0.1, 0.15) is 6.33 Å². The number of nitrogens with zero attached hydrogens (tertiary/aromatic N) is 3. The summed E-state index contributed by atoms with van der Waals surface area (Å²) in [6.07, 6.45) is 1.32. The monoisotopic (exact) mass is 322 g/mol. The zero-order valence-corrected chi connectivity index (χ0v) is 11.7. The van der Waals surface area contributed by atoms with Gasteiger partial charge in [0.15, 0.2) is 5.69 Å². The highest BCUT2D eigenvalue weighted by molar-refractivity contribution is 9.10. The highest BCUT2D eigenvalue weighted by Gasteiger charge is 2.23. The SMILES string of the molecule is CCNc1ncnc(-c2ccc(Br)cc2)c1[N+](=O)[O-]. The molecule has 0 saturated heterocycles. The van der Waals surface area contributed by atoms with Crippen LogP contribution in [-0.4, -0.2) is 21.4 Å². The third-order valence-corrected chi connectivity index (χ3v) is 3.00. The number of nitro groups is 1. The van der Waals surface area contributed by atoms with E-state index in [9.17, 15) is 10.1 Å². The Morgan fingerprint density at radius 1 is 1.32 bits per heavy atom. The van der Waals surface area contributed by atoms with Crippen LogP contribution in [0.15, 0.2) is 35.1 Å². The van der Waals surface area contributed by atoms with Crippen molar-refractivity contribution in [1.29, 1.82) is 0 Å². The summed E-state index contributed by atoms with van der Waals surface area (Å²) < 4.78 is 0.903. The zero-order valence-electron chi connectivity index (χ0n) is 10.1. The molecule has 0 saturated carbocycles. The van der Waals surface area contributed by atoms with Crippen molar-refractivity contribution in [3.63, 3.8) is 0 Å². The van der Waals surface area contributed by atoms with Crippen LogP contribution in [-0.2, 0) is 0 Å². The first-order valence-electron chi connectivity index (χ1n) is 5.62. The fourth-order valence-corrected chi connectivity index (χ4v) is 1.93. The predicted molar refractivity (Wildman–Crippen MR) is 76.0 cm³/mol. The van der Waals surface area contributed by atoms with Gasteiger partial charge in [-0.15, -0.1) is 0 Å². The molecular weight excluding hydrogens is 312 g/mol. The highest BCUT2D eigenvalue weighted by Crippen LogP contribution is 2.33. The molecule has 0 aliphatic heterocycles. The topological polar surface area (TPSA) is 81.0 Å². The van der Waals surface area contributed by atoms with Gasteiger partial charge in [0.25, 0.3) is 0 Å². The maximum absolute atomic E-state index is 11.2. The summed E-state index contributed by atoms with van der Waals surface area (Å²) in [7, 11) is 0. The number of halogens is 1. The number of aromatic nitrogens is 2. The fraction of sp³-hybridized carbons (Fsp3) is 0.167. The van der Waals surface area contributed by atoms with E-state index in [4.69, 9.17) is 0 Å². The molecule has 19 heavy (non-hydrogen) atoms. The van der Waals surface area contributed by atoms with Gasteiger partial charge in [-0.3, -0.25) is 10.1 Å². The molecule has 0 radical (unpaired) electrons. The lowest BCUT2D eigenvalue weighted by atomic mass is 10.1. The van der Waals surface area contributed by atoms with Crippen LogP contribution in [0.1, 0.15) is 6.92 Å². The second kappa shape index (κ2) is 5.75. The average Bonchev–Trinajstić information content (AvgIpc) is 2.39. The van der Waals surface area contributed by atoms with E-state index in [0.717, 1.165) is 4.47 Å². The lowest BCUT2D eigenvalue weighted by molar-refractivity contribution is -0.383. The van der Waals surface area contributed by atoms with Crippen molar-refractivity contribution in [3.8, 4) is 11.3 Å². The van der Waals surface area contributed by atoms with Crippen LogP contribution in [0.2, 0.25) is 0 Å². The number of nitrogens with one attached hydrogen (secondary N) is 1. The summed E-state index contributed by atoms with van der Waals surface area (Å²) in [4.78, 5) is 18.7. The molecule has 7 heteroatoms. The molecule has 0 aliphatic carbocycles. The third kappa shape index (κ3) is 2.87. The zero-order chi connectivity index (χ0) is 13.8. The second-order valence-electron chi connectivity index (χ2n) is 3.71. The van der Waals surface area contributed by atoms with E-state index in [0.29, 0.717) is 17.8 Å². The minimum atomic E-state index is -0.463. The van der Waals surface area contributed by atoms with Crippen molar-refractivity contribution in [2.24, 2.45) is 0 Å². The molecule has 0 fully saturated rings. The molecule has 1 N–H and O–H groups in total. The molecule has 6 nitrogen and oxygen atoms in total. The van der Waals surface area contributed by atoms with Crippen LogP contribution in [0, 0.1) is 10.1 Å². The minimum Gasteiger partial charge on any atom is -0.365 e. The van der Waals surface area contributed by atoms with Crippen LogP contribution in [0.3, 0.4) is 0 Å². The maximum Gasteiger partial charge on any atom is 0.337 e. The Balaban J connectivity index is 2.59. The van der Waals surface area contributed by atoms with Gasteiger partial charge in [-0.2, -0.15) is 0 Å². The van der Waals surface area contributed by atoms with Gasteiger partial charge in [0, 0.05) is 16.6 Å². The molecule has 1 heterocycles. The molecule has 0 amide bonds. The Kier molecular flexibility index (Phi) is 4.06. The first-order valence-corrected chi connectivity index (χ1v) is 6.42. The number of rotatable bonds is 4. The summed E-state index contributed by atoms with van der Waals surface area (Å²) in [6.45, 7) is 2.41. The molecule has 98 valence electrons. The van der Waals surface area contributed by atoms with E-state index in [2.05, 4.69) is 31.2 Å². The van der Waals surface area contributed by atoms with Crippen LogP contribution in [0.25, 0.3) is 11.3 Å². The van der Waals surface area contributed by atoms with Crippen LogP contribution < -0.4 is 5.32 Å². The standard InChI is InChI=1S/C12H11BrN4O2/c1-2-14-12-11(17(18)19)10(15-7-16-12)8-3-5-9(13)6-4-8/h3-7H,2H2,1H3,(H,14,15,16). The first kappa shape index (κ1) is 13.4. The quantitative estimate of drug-likeness (QED) is 0.690. The predicted octanol–water partition coefficient (Wildman–Crippen LogP) is 3.25. The highest BCUT2D eigenvalue weighted by atomic mass is 79.9. The number of anilines is 1. The van der Waals surface area contributed by atoms with Gasteiger partial charge in [-0.1, -0.05) is 28.1 Å². The van der Waals surface area contributed by atoms with Crippen molar-refractivity contribution in [2.75, 3.05) is 11.9 Å². The molecule has 0 atom stereocenters. The molecule has 2 aromatic rings. The summed E-state index contributed by atoms with van der Waals surface area (Å²) in [6, 6.07) is 7.17. The fourth-order valence-electron chi connectivity index (χ4n) is 1.67. The second-order valence-corrected chi connectivity index (χ2v) is 4.63. The number of benzene rings is 1. The molecule has 0 aliphatic rings. The lowest BCUT2D eigenvalue weighted by Crippen LogP contribution is -2.06. The van der Waals surface area contributed by atoms with Crippen molar-refractivity contribution in [3.05, 3.63) is 45.2 Å². The van der Waals surface area contributed by atoms with Crippen LogP contribution in [0.4, 0.5) is 11.5 Å². The van der Waals surface area contributed by atoms with Crippen LogP contribution >= 0.6 is 15.9 Å². The van der Waals surface area contributed by atoms with Crippen LogP contribution in [0.5, 0.6) is 0 Å². The molecular formula is C12H11BrN4O2. The van der Waals surface area contributed by atoms with Crippen molar-refractivity contribution < 1.29 is 4.92 Å². The Morgan fingerprint density at radius 3 is 2.58 bits per heavy atom. The third-order valence-electron chi connectivity index (χ3n) is 2.47. The smallest absolute Gasteiger partial charge is 0.337 e. The Morgan fingerprint density at radius 2 is 2.00 bits per heavy atom. The summed E-state index contributed by atoms with van der Waals surface area (Å²) in [5.41, 5.74) is 0.881. The first-order chi connectivity index (χ1) is 9.13. The largest absolute Gasteiger partial charge is 0.365 e. The van der Waals surface area contributed by atoms with E-state index in [1.54, 1.807) is 12.1 Å². The van der Waals surface area contributed by atoms with E-state index >= 15 is 0 Å². The molecule has 1 aromatic heterocycles. The summed E-state index contributed by atoms with van der Waals surface area (Å²) >= 11 is 3.33. The van der Waals surface area contributed by atoms with Gasteiger partial charge in [0.05, 0.1) is 4.92 Å². The van der Waals surface area contributed by atoms with E-state index in [1.807, 2.05) is 19.1 Å². The average molecular weight is 323 g/mol. The van der Waals surface area contributed by atoms with E-state index < -0.39 is 4.92 Å².